The number of pyridine rings is 1. The summed E-state index contributed by atoms with van der Waals surface area (Å²) in [5, 5.41) is 8.97. The molecule has 7 heteroatoms. The van der Waals surface area contributed by atoms with Gasteiger partial charge in [0.25, 0.3) is 0 Å². The number of hydrogen-bond donors (Lipinski definition) is 1. The second-order valence-corrected chi connectivity index (χ2v) is 7.45. The SMILES string of the molecule is COc1ccc(-c2ccnc3c2c(C)nn3CC(=O)Nc2ccc(C)c(Cl)c2)cc1. The van der Waals surface area contributed by atoms with Gasteiger partial charge in [-0.25, -0.2) is 9.67 Å². The first-order valence-electron chi connectivity index (χ1n) is 9.49. The molecule has 2 heterocycles. The highest BCUT2D eigenvalue weighted by Crippen LogP contribution is 2.31. The first kappa shape index (κ1) is 19.9. The van der Waals surface area contributed by atoms with Gasteiger partial charge >= 0.3 is 0 Å². The third-order valence-electron chi connectivity index (χ3n) is 4.96. The number of nitrogens with zero attached hydrogens (tertiary/aromatic N) is 3. The molecule has 0 aliphatic carbocycles. The van der Waals surface area contributed by atoms with E-state index in [0.29, 0.717) is 16.4 Å². The molecule has 0 radical (unpaired) electrons. The topological polar surface area (TPSA) is 69.0 Å². The summed E-state index contributed by atoms with van der Waals surface area (Å²) in [6.45, 7) is 3.89. The number of amides is 1. The maximum atomic E-state index is 12.6. The van der Waals surface area contributed by atoms with Crippen molar-refractivity contribution in [2.75, 3.05) is 12.4 Å². The van der Waals surface area contributed by atoms with Gasteiger partial charge in [0.15, 0.2) is 5.65 Å². The predicted molar refractivity (Wildman–Crippen MR) is 119 cm³/mol. The lowest BCUT2D eigenvalue weighted by Crippen LogP contribution is -2.19. The first-order valence-corrected chi connectivity index (χ1v) is 9.86. The van der Waals surface area contributed by atoms with Crippen LogP contribution in [0.4, 0.5) is 5.69 Å². The van der Waals surface area contributed by atoms with Gasteiger partial charge in [0.1, 0.15) is 12.3 Å². The van der Waals surface area contributed by atoms with Crippen LogP contribution >= 0.6 is 11.6 Å². The fourth-order valence-electron chi connectivity index (χ4n) is 3.41. The lowest BCUT2D eigenvalue weighted by molar-refractivity contribution is -0.116. The van der Waals surface area contributed by atoms with Crippen molar-refractivity contribution in [1.29, 1.82) is 0 Å². The number of hydrogen-bond acceptors (Lipinski definition) is 4. The van der Waals surface area contributed by atoms with E-state index in [0.717, 1.165) is 33.5 Å². The molecule has 0 spiro atoms. The Balaban J connectivity index is 1.63. The summed E-state index contributed by atoms with van der Waals surface area (Å²) < 4.78 is 6.87. The van der Waals surface area contributed by atoms with Gasteiger partial charge in [0, 0.05) is 22.3 Å². The number of anilines is 1. The Hall–Kier alpha value is -3.38. The molecule has 0 atom stereocenters. The van der Waals surface area contributed by atoms with Crippen LogP contribution in [-0.2, 0) is 11.3 Å². The Labute approximate surface area is 179 Å². The minimum Gasteiger partial charge on any atom is -0.497 e. The molecule has 2 aromatic heterocycles. The van der Waals surface area contributed by atoms with E-state index in [1.807, 2.05) is 56.3 Å². The third kappa shape index (κ3) is 3.86. The van der Waals surface area contributed by atoms with E-state index in [-0.39, 0.29) is 12.5 Å². The van der Waals surface area contributed by atoms with Gasteiger partial charge in [-0.1, -0.05) is 29.8 Å². The smallest absolute Gasteiger partial charge is 0.246 e. The summed E-state index contributed by atoms with van der Waals surface area (Å²) in [5.74, 6) is 0.598. The standard InChI is InChI=1S/C23H21ClN4O2/c1-14-4-7-17(12-20(14)24)26-21(29)13-28-23-22(15(2)27-28)19(10-11-25-23)16-5-8-18(30-3)9-6-16/h4-12H,13H2,1-3H3,(H,26,29). The Bertz CT molecular complexity index is 1230. The quantitative estimate of drug-likeness (QED) is 0.492. The molecule has 30 heavy (non-hydrogen) atoms. The highest BCUT2D eigenvalue weighted by atomic mass is 35.5. The molecule has 2 aromatic carbocycles. The summed E-state index contributed by atoms with van der Waals surface area (Å²) in [4.78, 5) is 17.1. The molecule has 0 bridgehead atoms. The van der Waals surface area contributed by atoms with Crippen LogP contribution in [0, 0.1) is 13.8 Å². The molecular weight excluding hydrogens is 400 g/mol. The number of aromatic nitrogens is 3. The largest absolute Gasteiger partial charge is 0.497 e. The van der Waals surface area contributed by atoms with Crippen LogP contribution in [0.2, 0.25) is 5.02 Å². The number of ether oxygens (including phenoxy) is 1. The van der Waals surface area contributed by atoms with Crippen LogP contribution in [0.3, 0.4) is 0 Å². The van der Waals surface area contributed by atoms with Crippen molar-refractivity contribution in [3.8, 4) is 16.9 Å². The molecule has 1 N–H and O–H groups in total. The van der Waals surface area contributed by atoms with Crippen LogP contribution in [0.25, 0.3) is 22.2 Å². The van der Waals surface area contributed by atoms with Crippen molar-refractivity contribution in [3.63, 3.8) is 0 Å². The number of carbonyl (C=O) groups is 1. The molecule has 0 saturated carbocycles. The van der Waals surface area contributed by atoms with Crippen LogP contribution in [0.1, 0.15) is 11.3 Å². The van der Waals surface area contributed by atoms with E-state index in [1.54, 1.807) is 24.1 Å². The van der Waals surface area contributed by atoms with Gasteiger partial charge in [0.05, 0.1) is 12.8 Å². The minimum atomic E-state index is -0.198. The van der Waals surface area contributed by atoms with E-state index < -0.39 is 0 Å². The summed E-state index contributed by atoms with van der Waals surface area (Å²) >= 11 is 6.15. The van der Waals surface area contributed by atoms with E-state index >= 15 is 0 Å². The van der Waals surface area contributed by atoms with Crippen LogP contribution in [0.5, 0.6) is 5.75 Å². The van der Waals surface area contributed by atoms with Crippen molar-refractivity contribution in [1.82, 2.24) is 14.8 Å². The molecule has 6 nitrogen and oxygen atoms in total. The second-order valence-electron chi connectivity index (χ2n) is 7.04. The van der Waals surface area contributed by atoms with E-state index in [9.17, 15) is 4.79 Å². The molecule has 0 saturated heterocycles. The van der Waals surface area contributed by atoms with Crippen molar-refractivity contribution >= 4 is 34.2 Å². The van der Waals surface area contributed by atoms with Gasteiger partial charge in [-0.3, -0.25) is 4.79 Å². The average Bonchev–Trinajstić information content (AvgIpc) is 3.06. The number of benzene rings is 2. The maximum absolute atomic E-state index is 12.6. The average molecular weight is 421 g/mol. The molecule has 152 valence electrons. The van der Waals surface area contributed by atoms with Crippen LogP contribution in [-0.4, -0.2) is 27.8 Å². The molecule has 0 fully saturated rings. The maximum Gasteiger partial charge on any atom is 0.246 e. The second kappa shape index (κ2) is 8.16. The zero-order chi connectivity index (χ0) is 21.3. The number of methoxy groups -OCH3 is 1. The molecule has 0 aliphatic rings. The zero-order valence-electron chi connectivity index (χ0n) is 16.9. The number of halogens is 1. The Morgan fingerprint density at radius 1 is 1.13 bits per heavy atom. The minimum absolute atomic E-state index is 0.0505. The zero-order valence-corrected chi connectivity index (χ0v) is 17.7. The van der Waals surface area contributed by atoms with Crippen molar-refractivity contribution < 1.29 is 9.53 Å². The fourth-order valence-corrected chi connectivity index (χ4v) is 3.59. The summed E-state index contributed by atoms with van der Waals surface area (Å²) in [5.41, 5.74) is 5.13. The van der Waals surface area contributed by atoms with E-state index in [1.165, 1.54) is 0 Å². The number of carbonyl (C=O) groups excluding carboxylic acids is 1. The fraction of sp³-hybridized carbons (Fsp3) is 0.174. The monoisotopic (exact) mass is 420 g/mol. The Kier molecular flexibility index (Phi) is 5.42. The molecule has 4 aromatic rings. The number of rotatable bonds is 5. The van der Waals surface area contributed by atoms with Gasteiger partial charge in [-0.2, -0.15) is 5.10 Å². The molecular formula is C23H21ClN4O2. The van der Waals surface area contributed by atoms with Crippen LogP contribution < -0.4 is 10.1 Å². The predicted octanol–water partition coefficient (Wildman–Crippen LogP) is 5.02. The number of fused-ring (bicyclic) bond motifs is 1. The highest BCUT2D eigenvalue weighted by molar-refractivity contribution is 6.31. The van der Waals surface area contributed by atoms with Gasteiger partial charge in [-0.15, -0.1) is 0 Å². The molecule has 4 rings (SSSR count). The number of aryl methyl sites for hydroxylation is 2. The van der Waals surface area contributed by atoms with E-state index in [4.69, 9.17) is 16.3 Å². The molecule has 0 aliphatic heterocycles. The Morgan fingerprint density at radius 3 is 2.60 bits per heavy atom. The summed E-state index contributed by atoms with van der Waals surface area (Å²) in [7, 11) is 1.64. The molecule has 0 unspecified atom stereocenters. The highest BCUT2D eigenvalue weighted by Gasteiger charge is 2.16. The van der Waals surface area contributed by atoms with Crippen molar-refractivity contribution in [3.05, 3.63) is 71.0 Å². The van der Waals surface area contributed by atoms with Gasteiger partial charge in [0.2, 0.25) is 5.91 Å². The summed E-state index contributed by atoms with van der Waals surface area (Å²) in [6, 6.07) is 15.2. The molecule has 1 amide bonds. The lowest BCUT2D eigenvalue weighted by atomic mass is 10.0. The Morgan fingerprint density at radius 2 is 1.90 bits per heavy atom. The van der Waals surface area contributed by atoms with E-state index in [2.05, 4.69) is 15.4 Å². The first-order chi connectivity index (χ1) is 14.5. The normalized spacial score (nSPS) is 10.9. The van der Waals surface area contributed by atoms with Crippen molar-refractivity contribution in [2.45, 2.75) is 20.4 Å². The lowest BCUT2D eigenvalue weighted by Gasteiger charge is -2.08. The van der Waals surface area contributed by atoms with Crippen LogP contribution in [0.15, 0.2) is 54.7 Å². The third-order valence-corrected chi connectivity index (χ3v) is 5.37. The van der Waals surface area contributed by atoms with Crippen molar-refractivity contribution in [2.24, 2.45) is 0 Å². The van der Waals surface area contributed by atoms with Gasteiger partial charge in [-0.05, 0) is 60.9 Å². The van der Waals surface area contributed by atoms with Gasteiger partial charge < -0.3 is 10.1 Å². The summed E-state index contributed by atoms with van der Waals surface area (Å²) in [6.07, 6.45) is 1.73. The number of nitrogens with one attached hydrogen (secondary N) is 1.